The Bertz CT molecular complexity index is 392. The van der Waals surface area contributed by atoms with Crippen LogP contribution in [0.4, 0.5) is 10.9 Å². The molecule has 17 heavy (non-hydrogen) atoms. The van der Waals surface area contributed by atoms with Gasteiger partial charge >= 0.3 is 0 Å². The topological polar surface area (TPSA) is 89.3 Å². The van der Waals surface area contributed by atoms with Crippen LogP contribution in [0.5, 0.6) is 0 Å². The second kappa shape index (κ2) is 6.87. The van der Waals surface area contributed by atoms with Crippen molar-refractivity contribution in [2.24, 2.45) is 0 Å². The van der Waals surface area contributed by atoms with Crippen LogP contribution >= 0.6 is 11.3 Å². The van der Waals surface area contributed by atoms with Gasteiger partial charge in [-0.15, -0.1) is 6.58 Å². The van der Waals surface area contributed by atoms with Crippen LogP contribution in [0.25, 0.3) is 0 Å². The van der Waals surface area contributed by atoms with Crippen LogP contribution in [0.1, 0.15) is 9.67 Å². The monoisotopic (exact) mass is 256 g/mol. The fourth-order valence-electron chi connectivity index (χ4n) is 1.08. The number of anilines is 2. The molecule has 4 N–H and O–H groups in total. The molecule has 0 aliphatic rings. The second-order valence-electron chi connectivity index (χ2n) is 3.15. The Kier molecular flexibility index (Phi) is 5.44. The van der Waals surface area contributed by atoms with Gasteiger partial charge in [-0.2, -0.15) is 0 Å². The Morgan fingerprint density at radius 2 is 2.47 bits per heavy atom. The minimum Gasteiger partial charge on any atom is -0.383 e. The highest BCUT2D eigenvalue weighted by Crippen LogP contribution is 2.24. The standard InChI is InChI=1S/C10H16N4O2S/c1-3-4-12-9(15)7-8(11)14-10(17-7)13-5-6-16-2/h3H,1,4-6,11H2,2H3,(H,12,15)(H,13,14). The number of hydrogen-bond acceptors (Lipinski definition) is 6. The molecule has 1 rings (SSSR count). The first-order chi connectivity index (χ1) is 8.19. The Hall–Kier alpha value is -1.60. The zero-order valence-corrected chi connectivity index (χ0v) is 10.5. The summed E-state index contributed by atoms with van der Waals surface area (Å²) >= 11 is 1.22. The highest BCUT2D eigenvalue weighted by atomic mass is 32.1. The van der Waals surface area contributed by atoms with Crippen molar-refractivity contribution in [3.63, 3.8) is 0 Å². The summed E-state index contributed by atoms with van der Waals surface area (Å²) in [7, 11) is 1.62. The maximum Gasteiger partial charge on any atom is 0.265 e. The van der Waals surface area contributed by atoms with E-state index >= 15 is 0 Å². The van der Waals surface area contributed by atoms with Crippen molar-refractivity contribution in [3.8, 4) is 0 Å². The molecule has 1 amide bonds. The third-order valence-electron chi connectivity index (χ3n) is 1.85. The minimum absolute atomic E-state index is 0.233. The average molecular weight is 256 g/mol. The number of methoxy groups -OCH3 is 1. The first kappa shape index (κ1) is 13.5. The minimum atomic E-state index is -0.236. The molecule has 0 bridgehead atoms. The van der Waals surface area contributed by atoms with Gasteiger partial charge in [0.1, 0.15) is 10.7 Å². The summed E-state index contributed by atoms with van der Waals surface area (Å²) in [5.41, 5.74) is 5.66. The quantitative estimate of drug-likeness (QED) is 0.493. The number of nitrogens with two attached hydrogens (primary N) is 1. The Morgan fingerprint density at radius 3 is 3.12 bits per heavy atom. The van der Waals surface area contributed by atoms with Gasteiger partial charge in [0.05, 0.1) is 6.61 Å². The number of ether oxygens (including phenoxy) is 1. The number of rotatable bonds is 7. The summed E-state index contributed by atoms with van der Waals surface area (Å²) in [6.45, 7) is 5.11. The molecule has 0 aromatic carbocycles. The number of nitrogens with zero attached hydrogens (tertiary/aromatic N) is 1. The van der Waals surface area contributed by atoms with Gasteiger partial charge in [0.2, 0.25) is 0 Å². The molecular formula is C10H16N4O2S. The zero-order valence-electron chi connectivity index (χ0n) is 9.66. The van der Waals surface area contributed by atoms with Crippen LogP contribution in [0.3, 0.4) is 0 Å². The Labute approximate surface area is 104 Å². The van der Waals surface area contributed by atoms with E-state index in [-0.39, 0.29) is 11.7 Å². The molecule has 0 spiro atoms. The summed E-state index contributed by atoms with van der Waals surface area (Å²) in [5.74, 6) is -0.00355. The van der Waals surface area contributed by atoms with E-state index in [1.165, 1.54) is 11.3 Å². The number of nitrogen functional groups attached to an aromatic ring is 1. The van der Waals surface area contributed by atoms with Crippen LogP contribution < -0.4 is 16.4 Å². The van der Waals surface area contributed by atoms with Crippen LogP contribution in [-0.4, -0.2) is 37.7 Å². The fourth-order valence-corrected chi connectivity index (χ4v) is 1.90. The number of hydrogen-bond donors (Lipinski definition) is 3. The van der Waals surface area contributed by atoms with Crippen molar-refractivity contribution in [1.82, 2.24) is 10.3 Å². The molecule has 1 aromatic rings. The number of carbonyl (C=O) groups excluding carboxylic acids is 1. The molecular weight excluding hydrogens is 240 g/mol. The molecule has 6 nitrogen and oxygen atoms in total. The van der Waals surface area contributed by atoms with Crippen molar-refractivity contribution in [2.75, 3.05) is 37.9 Å². The third-order valence-corrected chi connectivity index (χ3v) is 2.88. The van der Waals surface area contributed by atoms with Gasteiger partial charge in [-0.1, -0.05) is 17.4 Å². The van der Waals surface area contributed by atoms with Crippen LogP contribution in [-0.2, 0) is 4.74 Å². The summed E-state index contributed by atoms with van der Waals surface area (Å²) in [6.07, 6.45) is 1.60. The van der Waals surface area contributed by atoms with Crippen LogP contribution in [0.15, 0.2) is 12.7 Å². The van der Waals surface area contributed by atoms with Gasteiger partial charge in [-0.3, -0.25) is 4.79 Å². The van der Waals surface area contributed by atoms with E-state index in [4.69, 9.17) is 10.5 Å². The van der Waals surface area contributed by atoms with Gasteiger partial charge in [0, 0.05) is 20.2 Å². The first-order valence-corrected chi connectivity index (χ1v) is 5.89. The van der Waals surface area contributed by atoms with Crippen molar-refractivity contribution in [3.05, 3.63) is 17.5 Å². The number of carbonyl (C=O) groups is 1. The van der Waals surface area contributed by atoms with E-state index in [0.29, 0.717) is 29.7 Å². The van der Waals surface area contributed by atoms with Crippen molar-refractivity contribution < 1.29 is 9.53 Å². The van der Waals surface area contributed by atoms with Crippen molar-refractivity contribution >= 4 is 28.2 Å². The second-order valence-corrected chi connectivity index (χ2v) is 4.15. The third kappa shape index (κ3) is 4.04. The lowest BCUT2D eigenvalue weighted by atomic mass is 10.4. The summed E-state index contributed by atoms with van der Waals surface area (Å²) in [4.78, 5) is 16.1. The van der Waals surface area contributed by atoms with Gasteiger partial charge in [0.25, 0.3) is 5.91 Å². The Morgan fingerprint density at radius 1 is 1.71 bits per heavy atom. The molecule has 0 unspecified atom stereocenters. The van der Waals surface area contributed by atoms with Crippen LogP contribution in [0, 0.1) is 0 Å². The number of nitrogens with one attached hydrogen (secondary N) is 2. The molecule has 7 heteroatoms. The SMILES string of the molecule is C=CCNC(=O)c1sc(NCCOC)nc1N. The lowest BCUT2D eigenvalue weighted by molar-refractivity contribution is 0.0962. The molecule has 1 aromatic heterocycles. The van der Waals surface area contributed by atoms with E-state index in [9.17, 15) is 4.79 Å². The van der Waals surface area contributed by atoms with Gasteiger partial charge in [0.15, 0.2) is 5.13 Å². The average Bonchev–Trinajstić information content (AvgIpc) is 2.68. The predicted octanol–water partition coefficient (Wildman–Crippen LogP) is 0.699. The first-order valence-electron chi connectivity index (χ1n) is 5.07. The molecule has 0 radical (unpaired) electrons. The molecule has 1 heterocycles. The Balaban J connectivity index is 2.60. The zero-order chi connectivity index (χ0) is 12.7. The summed E-state index contributed by atoms with van der Waals surface area (Å²) in [5, 5.41) is 6.29. The largest absolute Gasteiger partial charge is 0.383 e. The highest BCUT2D eigenvalue weighted by Gasteiger charge is 2.15. The lowest BCUT2D eigenvalue weighted by Crippen LogP contribution is -2.23. The molecule has 0 saturated heterocycles. The summed E-state index contributed by atoms with van der Waals surface area (Å²) < 4.78 is 4.89. The van der Waals surface area contributed by atoms with Gasteiger partial charge < -0.3 is 21.1 Å². The van der Waals surface area contributed by atoms with E-state index in [2.05, 4.69) is 22.2 Å². The predicted molar refractivity (Wildman–Crippen MR) is 69.4 cm³/mol. The molecule has 0 aliphatic carbocycles. The molecule has 0 aliphatic heterocycles. The molecule has 0 fully saturated rings. The van der Waals surface area contributed by atoms with E-state index in [1.807, 2.05) is 0 Å². The lowest BCUT2D eigenvalue weighted by Gasteiger charge is -1.99. The molecule has 0 atom stereocenters. The number of aromatic nitrogens is 1. The van der Waals surface area contributed by atoms with E-state index in [1.54, 1.807) is 13.2 Å². The van der Waals surface area contributed by atoms with Crippen molar-refractivity contribution in [1.29, 1.82) is 0 Å². The van der Waals surface area contributed by atoms with Crippen molar-refractivity contribution in [2.45, 2.75) is 0 Å². The van der Waals surface area contributed by atoms with Crippen LogP contribution in [0.2, 0.25) is 0 Å². The molecule has 94 valence electrons. The maximum atomic E-state index is 11.6. The normalized spacial score (nSPS) is 9.94. The molecule has 0 saturated carbocycles. The number of thiazole rings is 1. The fraction of sp³-hybridized carbons (Fsp3) is 0.400. The summed E-state index contributed by atoms with van der Waals surface area (Å²) in [6, 6.07) is 0. The van der Waals surface area contributed by atoms with Gasteiger partial charge in [-0.25, -0.2) is 4.98 Å². The van der Waals surface area contributed by atoms with E-state index < -0.39 is 0 Å². The smallest absolute Gasteiger partial charge is 0.265 e. The highest BCUT2D eigenvalue weighted by molar-refractivity contribution is 7.18. The van der Waals surface area contributed by atoms with E-state index in [0.717, 1.165) is 0 Å². The number of amides is 1. The van der Waals surface area contributed by atoms with Gasteiger partial charge in [-0.05, 0) is 0 Å². The maximum absolute atomic E-state index is 11.6.